The van der Waals surface area contributed by atoms with Crippen molar-refractivity contribution in [3.8, 4) is 0 Å². The Bertz CT molecular complexity index is 141. The molecule has 11 heavy (non-hydrogen) atoms. The minimum atomic E-state index is -0.329. The van der Waals surface area contributed by atoms with Crippen molar-refractivity contribution in [1.82, 2.24) is 0 Å². The number of hydrogen-bond donors (Lipinski definition) is 0. The van der Waals surface area contributed by atoms with Crippen molar-refractivity contribution in [1.29, 1.82) is 0 Å². The molecule has 0 fully saturated rings. The van der Waals surface area contributed by atoms with E-state index in [1.807, 2.05) is 6.92 Å². The molecular weight excluding hydrogens is 164 g/mol. The molecule has 2 nitrogen and oxygen atoms in total. The summed E-state index contributed by atoms with van der Waals surface area (Å²) in [7, 11) is 0. The SMILES string of the molecule is C=C(C)CCl.C=COC(C)=O. The number of rotatable bonds is 2. The second-order valence-electron chi connectivity index (χ2n) is 1.87. The Kier molecular flexibility index (Phi) is 10.8. The summed E-state index contributed by atoms with van der Waals surface area (Å²) in [6.45, 7) is 9.92. The Morgan fingerprint density at radius 2 is 2.00 bits per heavy atom. The number of hydrogen-bond acceptors (Lipinski definition) is 2. The van der Waals surface area contributed by atoms with Crippen LogP contribution in [0, 0.1) is 0 Å². The van der Waals surface area contributed by atoms with Gasteiger partial charge in [-0.25, -0.2) is 0 Å². The van der Waals surface area contributed by atoms with E-state index in [4.69, 9.17) is 11.6 Å². The number of carbonyl (C=O) groups is 1. The predicted molar refractivity (Wildman–Crippen MR) is 47.5 cm³/mol. The molecule has 0 aliphatic carbocycles. The van der Waals surface area contributed by atoms with Crippen LogP contribution >= 0.6 is 11.6 Å². The molecule has 0 radical (unpaired) electrons. The van der Waals surface area contributed by atoms with Gasteiger partial charge >= 0.3 is 5.97 Å². The fourth-order valence-electron chi connectivity index (χ4n) is 0.117. The van der Waals surface area contributed by atoms with Gasteiger partial charge in [-0.15, -0.1) is 11.6 Å². The quantitative estimate of drug-likeness (QED) is 0.280. The molecule has 0 N–H and O–H groups in total. The molecule has 0 saturated carbocycles. The summed E-state index contributed by atoms with van der Waals surface area (Å²) in [4.78, 5) is 9.75. The largest absolute Gasteiger partial charge is 0.435 e. The third-order valence-corrected chi connectivity index (χ3v) is 0.934. The molecule has 0 amide bonds. The third kappa shape index (κ3) is 26.9. The van der Waals surface area contributed by atoms with Gasteiger partial charge in [-0.3, -0.25) is 4.79 Å². The minimum Gasteiger partial charge on any atom is -0.435 e. The lowest BCUT2D eigenvalue weighted by Crippen LogP contribution is -1.87. The molecule has 0 heterocycles. The number of halogens is 1. The topological polar surface area (TPSA) is 26.3 Å². The number of carbonyl (C=O) groups excluding carboxylic acids is 1. The standard InChI is InChI=1S/C4H7Cl.C4H6O2/c1-4(2)3-5;1-3-6-4(2)5/h1,3H2,2H3;3H,1H2,2H3. The Hall–Kier alpha value is -0.760. The Balaban J connectivity index is 0. The smallest absolute Gasteiger partial charge is 0.307 e. The molecule has 0 bridgehead atoms. The van der Waals surface area contributed by atoms with Crippen molar-refractivity contribution < 1.29 is 9.53 Å². The van der Waals surface area contributed by atoms with E-state index in [-0.39, 0.29) is 5.97 Å². The van der Waals surface area contributed by atoms with E-state index >= 15 is 0 Å². The molecule has 0 aromatic carbocycles. The molecule has 0 aliphatic rings. The molecule has 64 valence electrons. The normalized spacial score (nSPS) is 7.18. The maximum atomic E-state index is 9.75. The van der Waals surface area contributed by atoms with Crippen LogP contribution in [-0.2, 0) is 9.53 Å². The number of ether oxygens (including phenoxy) is 1. The fourth-order valence-corrected chi connectivity index (χ4v) is 0.117. The first kappa shape index (κ1) is 12.9. The van der Waals surface area contributed by atoms with Gasteiger partial charge in [-0.2, -0.15) is 0 Å². The molecule has 0 rings (SSSR count). The highest BCUT2D eigenvalue weighted by Crippen LogP contribution is 1.86. The second kappa shape index (κ2) is 9.24. The molecule has 3 heteroatoms. The van der Waals surface area contributed by atoms with Crippen molar-refractivity contribution in [2.24, 2.45) is 0 Å². The maximum absolute atomic E-state index is 9.75. The summed E-state index contributed by atoms with van der Waals surface area (Å²) >= 11 is 5.24. The Morgan fingerprint density at radius 1 is 1.64 bits per heavy atom. The lowest BCUT2D eigenvalue weighted by Gasteiger charge is -1.83. The zero-order chi connectivity index (χ0) is 9.28. The summed E-state index contributed by atoms with van der Waals surface area (Å²) in [5.41, 5.74) is 1.02. The van der Waals surface area contributed by atoms with E-state index in [1.54, 1.807) is 0 Å². The summed E-state index contributed by atoms with van der Waals surface area (Å²) in [5, 5.41) is 0. The minimum absolute atomic E-state index is 0.329. The van der Waals surface area contributed by atoms with Gasteiger partial charge in [0.1, 0.15) is 0 Å². The third-order valence-electron chi connectivity index (χ3n) is 0.477. The van der Waals surface area contributed by atoms with Gasteiger partial charge in [0.25, 0.3) is 0 Å². The highest BCUT2D eigenvalue weighted by molar-refractivity contribution is 6.19. The van der Waals surface area contributed by atoms with Crippen LogP contribution in [0.3, 0.4) is 0 Å². The van der Waals surface area contributed by atoms with Crippen LogP contribution in [0.1, 0.15) is 13.8 Å². The van der Waals surface area contributed by atoms with Gasteiger partial charge in [0, 0.05) is 12.8 Å². The molecule has 0 unspecified atom stereocenters. The van der Waals surface area contributed by atoms with Crippen LogP contribution < -0.4 is 0 Å². The van der Waals surface area contributed by atoms with Crippen LogP contribution in [0.2, 0.25) is 0 Å². The van der Waals surface area contributed by atoms with Crippen LogP contribution in [-0.4, -0.2) is 11.8 Å². The summed E-state index contributed by atoms with van der Waals surface area (Å²) in [5.74, 6) is 0.255. The molecule has 0 aliphatic heterocycles. The molecule has 0 aromatic rings. The van der Waals surface area contributed by atoms with Gasteiger partial charge in [0.05, 0.1) is 6.26 Å². The van der Waals surface area contributed by atoms with Crippen LogP contribution in [0.25, 0.3) is 0 Å². The highest BCUT2D eigenvalue weighted by Gasteiger charge is 1.79. The first-order chi connectivity index (χ1) is 5.04. The lowest BCUT2D eigenvalue weighted by molar-refractivity contribution is -0.135. The first-order valence-corrected chi connectivity index (χ1v) is 3.56. The van der Waals surface area contributed by atoms with Crippen LogP contribution in [0.5, 0.6) is 0 Å². The van der Waals surface area contributed by atoms with Crippen molar-refractivity contribution in [2.45, 2.75) is 13.8 Å². The second-order valence-corrected chi connectivity index (χ2v) is 2.13. The molecule has 0 aromatic heterocycles. The van der Waals surface area contributed by atoms with E-state index in [1.165, 1.54) is 6.92 Å². The summed E-state index contributed by atoms with van der Waals surface area (Å²) in [6.07, 6.45) is 1.10. The summed E-state index contributed by atoms with van der Waals surface area (Å²) in [6, 6.07) is 0. The molecule has 0 atom stereocenters. The zero-order valence-corrected chi connectivity index (χ0v) is 7.65. The van der Waals surface area contributed by atoms with Crippen molar-refractivity contribution >= 4 is 17.6 Å². The van der Waals surface area contributed by atoms with Crippen molar-refractivity contribution in [3.05, 3.63) is 25.0 Å². The number of esters is 1. The summed E-state index contributed by atoms with van der Waals surface area (Å²) < 4.78 is 4.17. The first-order valence-electron chi connectivity index (χ1n) is 3.03. The van der Waals surface area contributed by atoms with E-state index in [9.17, 15) is 4.79 Å². The van der Waals surface area contributed by atoms with Crippen molar-refractivity contribution in [3.63, 3.8) is 0 Å². The monoisotopic (exact) mass is 176 g/mol. The Morgan fingerprint density at radius 3 is 2.00 bits per heavy atom. The van der Waals surface area contributed by atoms with Gasteiger partial charge in [-0.1, -0.05) is 18.7 Å². The average Bonchev–Trinajstić information content (AvgIpc) is 1.89. The van der Waals surface area contributed by atoms with Crippen molar-refractivity contribution in [2.75, 3.05) is 5.88 Å². The number of allylic oxidation sites excluding steroid dienone is 1. The van der Waals surface area contributed by atoms with E-state index in [0.717, 1.165) is 11.8 Å². The predicted octanol–water partition coefficient (Wildman–Crippen LogP) is 2.49. The van der Waals surface area contributed by atoms with Gasteiger partial charge in [-0.05, 0) is 6.92 Å². The number of alkyl halides is 1. The Labute approximate surface area is 72.5 Å². The zero-order valence-electron chi connectivity index (χ0n) is 6.89. The van der Waals surface area contributed by atoms with Gasteiger partial charge < -0.3 is 4.74 Å². The van der Waals surface area contributed by atoms with Gasteiger partial charge in [0.2, 0.25) is 0 Å². The average molecular weight is 177 g/mol. The van der Waals surface area contributed by atoms with E-state index < -0.39 is 0 Å². The molecule has 0 spiro atoms. The van der Waals surface area contributed by atoms with Crippen LogP contribution in [0.4, 0.5) is 0 Å². The highest BCUT2D eigenvalue weighted by atomic mass is 35.5. The van der Waals surface area contributed by atoms with E-state index in [2.05, 4.69) is 17.9 Å². The maximum Gasteiger partial charge on any atom is 0.307 e. The van der Waals surface area contributed by atoms with E-state index in [0.29, 0.717) is 5.88 Å². The van der Waals surface area contributed by atoms with Crippen LogP contribution in [0.15, 0.2) is 25.0 Å². The molecular formula is C8H13ClO2. The lowest BCUT2D eigenvalue weighted by atomic mass is 10.4. The molecule has 0 saturated heterocycles. The fraction of sp³-hybridized carbons (Fsp3) is 0.375. The van der Waals surface area contributed by atoms with Gasteiger partial charge in [0.15, 0.2) is 0 Å².